The summed E-state index contributed by atoms with van der Waals surface area (Å²) in [6.07, 6.45) is 0. The summed E-state index contributed by atoms with van der Waals surface area (Å²) >= 11 is 0. The van der Waals surface area contributed by atoms with E-state index in [4.69, 9.17) is 5.11 Å². The summed E-state index contributed by atoms with van der Waals surface area (Å²) in [5.41, 5.74) is 1.36. The van der Waals surface area contributed by atoms with Crippen molar-refractivity contribution in [3.63, 3.8) is 0 Å². The molecule has 0 fully saturated rings. The number of carboxylic acid groups (broad SMARTS) is 1. The topological polar surface area (TPSA) is 70.0 Å². The van der Waals surface area contributed by atoms with E-state index in [9.17, 15) is 9.59 Å². The highest BCUT2D eigenvalue weighted by molar-refractivity contribution is 6.14. The Hall–Kier alpha value is -2.17. The Labute approximate surface area is 98.4 Å². The minimum atomic E-state index is -1.02. The molecule has 0 saturated heterocycles. The van der Waals surface area contributed by atoms with Crippen molar-refractivity contribution >= 4 is 23.3 Å². The summed E-state index contributed by atoms with van der Waals surface area (Å²) in [5.74, 6) is -1.40. The third kappa shape index (κ3) is 1.91. The quantitative estimate of drug-likeness (QED) is 0.844. The minimum absolute atomic E-state index is 0.134. The van der Waals surface area contributed by atoms with Crippen LogP contribution in [0.2, 0.25) is 0 Å². The van der Waals surface area contributed by atoms with Gasteiger partial charge in [-0.05, 0) is 32.0 Å². The first kappa shape index (κ1) is 11.3. The highest BCUT2D eigenvalue weighted by Crippen LogP contribution is 2.24. The van der Waals surface area contributed by atoms with E-state index in [-0.39, 0.29) is 17.4 Å². The number of rotatable bonds is 2. The van der Waals surface area contributed by atoms with Gasteiger partial charge in [-0.3, -0.25) is 4.79 Å². The van der Waals surface area contributed by atoms with Crippen LogP contribution in [0, 0.1) is 5.92 Å². The van der Waals surface area contributed by atoms with E-state index in [1.807, 2.05) is 0 Å². The van der Waals surface area contributed by atoms with Gasteiger partial charge < -0.3 is 5.11 Å². The molecule has 1 amide bonds. The van der Waals surface area contributed by atoms with Crippen molar-refractivity contribution < 1.29 is 14.7 Å². The van der Waals surface area contributed by atoms with Gasteiger partial charge in [0.25, 0.3) is 5.91 Å². The van der Waals surface area contributed by atoms with Crippen molar-refractivity contribution in [3.8, 4) is 0 Å². The van der Waals surface area contributed by atoms with Crippen molar-refractivity contribution in [1.29, 1.82) is 0 Å². The molecule has 1 heterocycles. The number of aromatic carboxylic acids is 1. The van der Waals surface area contributed by atoms with Gasteiger partial charge in [-0.1, -0.05) is 6.07 Å². The second-order valence-corrected chi connectivity index (χ2v) is 3.97. The lowest BCUT2D eigenvalue weighted by atomic mass is 10.1. The maximum Gasteiger partial charge on any atom is 0.335 e. The number of carbonyl (C=O) groups excluding carboxylic acids is 1. The number of anilines is 1. The van der Waals surface area contributed by atoms with Crippen molar-refractivity contribution in [3.05, 3.63) is 29.8 Å². The van der Waals surface area contributed by atoms with Crippen LogP contribution in [0.1, 0.15) is 24.2 Å². The van der Waals surface area contributed by atoms with Crippen molar-refractivity contribution in [2.75, 3.05) is 5.01 Å². The van der Waals surface area contributed by atoms with Gasteiger partial charge in [0.05, 0.1) is 17.2 Å². The van der Waals surface area contributed by atoms with Gasteiger partial charge in [0, 0.05) is 5.71 Å². The molecule has 1 aliphatic heterocycles. The molecule has 88 valence electrons. The largest absolute Gasteiger partial charge is 0.478 e. The van der Waals surface area contributed by atoms with Crippen LogP contribution in [0.3, 0.4) is 0 Å². The lowest BCUT2D eigenvalue weighted by molar-refractivity contribution is -0.119. The van der Waals surface area contributed by atoms with E-state index in [1.54, 1.807) is 26.0 Å². The maximum atomic E-state index is 11.9. The normalized spacial score (nSPS) is 19.4. The lowest BCUT2D eigenvalue weighted by Crippen LogP contribution is -2.25. The van der Waals surface area contributed by atoms with Gasteiger partial charge in [0.15, 0.2) is 0 Å². The molecule has 1 aromatic rings. The first-order valence-electron chi connectivity index (χ1n) is 5.23. The molecule has 1 atom stereocenters. The fourth-order valence-electron chi connectivity index (χ4n) is 1.61. The molecule has 1 aromatic carbocycles. The summed E-state index contributed by atoms with van der Waals surface area (Å²) in [4.78, 5) is 22.7. The van der Waals surface area contributed by atoms with E-state index < -0.39 is 5.97 Å². The number of hydrazone groups is 1. The number of nitrogens with zero attached hydrogens (tertiary/aromatic N) is 2. The van der Waals surface area contributed by atoms with Crippen LogP contribution in [-0.4, -0.2) is 22.7 Å². The zero-order valence-electron chi connectivity index (χ0n) is 9.54. The van der Waals surface area contributed by atoms with E-state index in [2.05, 4.69) is 5.10 Å². The summed E-state index contributed by atoms with van der Waals surface area (Å²) in [6, 6.07) is 6.18. The molecule has 1 aliphatic rings. The lowest BCUT2D eigenvalue weighted by Gasteiger charge is -2.13. The molecule has 5 heteroatoms. The predicted molar refractivity (Wildman–Crippen MR) is 63.2 cm³/mol. The minimum Gasteiger partial charge on any atom is -0.478 e. The average Bonchev–Trinajstić information content (AvgIpc) is 2.57. The highest BCUT2D eigenvalue weighted by Gasteiger charge is 2.30. The number of carboxylic acids is 1. The fourth-order valence-corrected chi connectivity index (χ4v) is 1.61. The number of hydrogen-bond acceptors (Lipinski definition) is 3. The Morgan fingerprint density at radius 2 is 2.18 bits per heavy atom. The molecule has 0 radical (unpaired) electrons. The molecular formula is C12H12N2O3. The van der Waals surface area contributed by atoms with Crippen molar-refractivity contribution in [1.82, 2.24) is 0 Å². The average molecular weight is 232 g/mol. The van der Waals surface area contributed by atoms with Crippen LogP contribution in [-0.2, 0) is 4.79 Å². The molecule has 0 spiro atoms. The Bertz CT molecular complexity index is 522. The van der Waals surface area contributed by atoms with Crippen LogP contribution in [0.15, 0.2) is 29.4 Å². The second-order valence-electron chi connectivity index (χ2n) is 3.97. The third-order valence-electron chi connectivity index (χ3n) is 2.80. The van der Waals surface area contributed by atoms with E-state index in [0.29, 0.717) is 5.69 Å². The molecule has 2 rings (SSSR count). The summed E-state index contributed by atoms with van der Waals surface area (Å²) in [6.45, 7) is 3.56. The summed E-state index contributed by atoms with van der Waals surface area (Å²) < 4.78 is 0. The number of carbonyl (C=O) groups is 2. The van der Waals surface area contributed by atoms with Gasteiger partial charge in [-0.15, -0.1) is 0 Å². The number of benzene rings is 1. The summed E-state index contributed by atoms with van der Waals surface area (Å²) in [7, 11) is 0. The van der Waals surface area contributed by atoms with E-state index in [0.717, 1.165) is 5.71 Å². The molecule has 5 nitrogen and oxygen atoms in total. The standard InChI is InChI=1S/C12H12N2O3/c1-7-8(2)13-14(11(7)15)10-5-3-4-9(6-10)12(16)17/h3-7H,1-2H3,(H,16,17). The Morgan fingerprint density at radius 1 is 1.47 bits per heavy atom. The second kappa shape index (κ2) is 4.01. The first-order chi connectivity index (χ1) is 8.00. The van der Waals surface area contributed by atoms with Gasteiger partial charge >= 0.3 is 5.97 Å². The SMILES string of the molecule is CC1=NN(c2cccc(C(=O)O)c2)C(=O)C1C. The zero-order valence-corrected chi connectivity index (χ0v) is 9.54. The Kier molecular flexibility index (Phi) is 2.67. The molecule has 0 saturated carbocycles. The molecule has 0 bridgehead atoms. The smallest absolute Gasteiger partial charge is 0.335 e. The van der Waals surface area contributed by atoms with Crippen LogP contribution in [0.5, 0.6) is 0 Å². The number of amides is 1. The Balaban J connectivity index is 2.39. The Morgan fingerprint density at radius 3 is 2.71 bits per heavy atom. The molecule has 1 unspecified atom stereocenters. The van der Waals surface area contributed by atoms with Gasteiger partial charge in [-0.25, -0.2) is 9.80 Å². The monoisotopic (exact) mass is 232 g/mol. The third-order valence-corrected chi connectivity index (χ3v) is 2.80. The van der Waals surface area contributed by atoms with Gasteiger partial charge in [0.1, 0.15) is 0 Å². The van der Waals surface area contributed by atoms with Crippen LogP contribution in [0.4, 0.5) is 5.69 Å². The summed E-state index contributed by atoms with van der Waals surface area (Å²) in [5, 5.41) is 14.3. The predicted octanol–water partition coefficient (Wildman–Crippen LogP) is 1.74. The molecule has 0 aromatic heterocycles. The molecule has 1 N–H and O–H groups in total. The van der Waals surface area contributed by atoms with E-state index in [1.165, 1.54) is 17.1 Å². The number of hydrogen-bond donors (Lipinski definition) is 1. The van der Waals surface area contributed by atoms with E-state index >= 15 is 0 Å². The van der Waals surface area contributed by atoms with Crippen LogP contribution >= 0.6 is 0 Å². The van der Waals surface area contributed by atoms with Crippen LogP contribution < -0.4 is 5.01 Å². The molecule has 17 heavy (non-hydrogen) atoms. The molecule has 0 aliphatic carbocycles. The fraction of sp³-hybridized carbons (Fsp3) is 0.250. The van der Waals surface area contributed by atoms with Gasteiger partial charge in [0.2, 0.25) is 0 Å². The maximum absolute atomic E-state index is 11.9. The van der Waals surface area contributed by atoms with Crippen LogP contribution in [0.25, 0.3) is 0 Å². The highest BCUT2D eigenvalue weighted by atomic mass is 16.4. The molecular weight excluding hydrogens is 220 g/mol. The van der Waals surface area contributed by atoms with Gasteiger partial charge in [-0.2, -0.15) is 5.10 Å². The first-order valence-corrected chi connectivity index (χ1v) is 5.23. The van der Waals surface area contributed by atoms with Crippen molar-refractivity contribution in [2.24, 2.45) is 11.0 Å². The zero-order chi connectivity index (χ0) is 12.6. The van der Waals surface area contributed by atoms with Crippen molar-refractivity contribution in [2.45, 2.75) is 13.8 Å².